The first-order valence-corrected chi connectivity index (χ1v) is 9.45. The maximum absolute atomic E-state index is 10.3. The number of nitrogens with two attached hydrogens (primary N) is 1. The highest BCUT2D eigenvalue weighted by atomic mass is 32.2. The van der Waals surface area contributed by atoms with Gasteiger partial charge in [0.1, 0.15) is 5.76 Å². The Kier molecular flexibility index (Phi) is 6.36. The predicted octanol–water partition coefficient (Wildman–Crippen LogP) is 3.20. The summed E-state index contributed by atoms with van der Waals surface area (Å²) < 4.78 is 5.39. The van der Waals surface area contributed by atoms with E-state index in [4.69, 9.17) is 10.2 Å². The van der Waals surface area contributed by atoms with Gasteiger partial charge >= 0.3 is 0 Å². The van der Waals surface area contributed by atoms with Gasteiger partial charge in [-0.15, -0.1) is 0 Å². The van der Waals surface area contributed by atoms with Crippen molar-refractivity contribution in [3.05, 3.63) is 72.5 Å². The van der Waals surface area contributed by atoms with Crippen molar-refractivity contribution in [1.82, 2.24) is 0 Å². The zero-order valence-corrected chi connectivity index (χ0v) is 15.6. The lowest BCUT2D eigenvalue weighted by molar-refractivity contribution is 0.0618. The molecule has 27 heavy (non-hydrogen) atoms. The van der Waals surface area contributed by atoms with E-state index in [1.54, 1.807) is 18.0 Å². The Labute approximate surface area is 162 Å². The van der Waals surface area contributed by atoms with Gasteiger partial charge in [0.25, 0.3) is 0 Å². The first-order valence-electron chi connectivity index (χ1n) is 8.63. The first-order chi connectivity index (χ1) is 13.0. The van der Waals surface area contributed by atoms with Gasteiger partial charge in [-0.2, -0.15) is 0 Å². The number of aliphatic hydroxyl groups is 3. The maximum atomic E-state index is 10.3. The molecule has 6 heteroatoms. The highest BCUT2D eigenvalue weighted by molar-refractivity contribution is 7.99. The molecule has 1 heterocycles. The first kappa shape index (κ1) is 19.7. The Morgan fingerprint density at radius 1 is 0.926 bits per heavy atom. The van der Waals surface area contributed by atoms with Crippen LogP contribution in [0.1, 0.15) is 18.1 Å². The highest BCUT2D eigenvalue weighted by Gasteiger charge is 2.27. The van der Waals surface area contributed by atoms with E-state index in [0.29, 0.717) is 5.56 Å². The minimum atomic E-state index is -1.19. The predicted molar refractivity (Wildman–Crippen MR) is 105 cm³/mol. The fraction of sp³-hybridized carbons (Fsp3) is 0.238. The number of aliphatic hydroxyl groups excluding tert-OH is 3. The van der Waals surface area contributed by atoms with Crippen LogP contribution in [0.5, 0.6) is 0 Å². The second-order valence-electron chi connectivity index (χ2n) is 6.57. The summed E-state index contributed by atoms with van der Waals surface area (Å²) in [6.07, 6.45) is 0.894. The molecule has 0 fully saturated rings. The molecule has 3 aromatic rings. The van der Waals surface area contributed by atoms with Crippen molar-refractivity contribution in [2.75, 3.05) is 13.2 Å². The van der Waals surface area contributed by atoms with E-state index in [0.717, 1.165) is 21.1 Å². The van der Waals surface area contributed by atoms with Crippen molar-refractivity contribution >= 4 is 11.8 Å². The molecular weight excluding hydrogens is 362 g/mol. The summed E-state index contributed by atoms with van der Waals surface area (Å²) >= 11 is 1.62. The molecule has 142 valence electrons. The summed E-state index contributed by atoms with van der Waals surface area (Å²) in [5, 5.41) is 28.8. The number of furan rings is 1. The number of hydrogen-bond donors (Lipinski definition) is 4. The Hall–Kier alpha value is -2.09. The Bertz CT molecular complexity index is 828. The molecule has 0 aliphatic heterocycles. The van der Waals surface area contributed by atoms with E-state index in [-0.39, 0.29) is 19.6 Å². The van der Waals surface area contributed by atoms with Crippen molar-refractivity contribution in [3.63, 3.8) is 0 Å². The lowest BCUT2D eigenvalue weighted by Gasteiger charge is -2.27. The summed E-state index contributed by atoms with van der Waals surface area (Å²) in [4.78, 5) is 2.14. The fourth-order valence-electron chi connectivity index (χ4n) is 2.71. The van der Waals surface area contributed by atoms with Crippen LogP contribution >= 0.6 is 11.8 Å². The zero-order chi connectivity index (χ0) is 19.3. The van der Waals surface area contributed by atoms with Crippen molar-refractivity contribution in [1.29, 1.82) is 0 Å². The fourth-order valence-corrected chi connectivity index (χ4v) is 3.52. The molecule has 1 unspecified atom stereocenters. The molecule has 3 rings (SSSR count). The molecule has 0 amide bonds. The number of hydrogen-bond acceptors (Lipinski definition) is 6. The third-order valence-corrected chi connectivity index (χ3v) is 5.41. The quantitative estimate of drug-likeness (QED) is 0.475. The summed E-state index contributed by atoms with van der Waals surface area (Å²) in [5.41, 5.74) is 6.38. The molecule has 0 aliphatic rings. The van der Waals surface area contributed by atoms with Gasteiger partial charge in [0.05, 0.1) is 31.1 Å². The number of rotatable bonds is 8. The largest absolute Gasteiger partial charge is 0.464 e. The lowest BCUT2D eigenvalue weighted by atomic mass is 9.92. The average Bonchev–Trinajstić information content (AvgIpc) is 3.24. The minimum Gasteiger partial charge on any atom is -0.464 e. The summed E-state index contributed by atoms with van der Waals surface area (Å²) in [6.45, 7) is -0.773. The zero-order valence-electron chi connectivity index (χ0n) is 14.8. The molecule has 0 radical (unpaired) electrons. The summed E-state index contributed by atoms with van der Waals surface area (Å²) in [7, 11) is 0. The molecule has 0 saturated heterocycles. The molecular formula is C21H23NO4S. The normalized spacial score (nSPS) is 12.9. The van der Waals surface area contributed by atoms with Crippen LogP contribution in [-0.4, -0.2) is 34.1 Å². The Morgan fingerprint density at radius 2 is 1.52 bits per heavy atom. The van der Waals surface area contributed by atoms with Crippen molar-refractivity contribution < 1.29 is 19.7 Å². The van der Waals surface area contributed by atoms with Gasteiger partial charge in [-0.1, -0.05) is 36.0 Å². The van der Waals surface area contributed by atoms with E-state index in [1.807, 2.05) is 60.7 Å². The van der Waals surface area contributed by atoms with Crippen LogP contribution in [0, 0.1) is 0 Å². The van der Waals surface area contributed by atoms with Gasteiger partial charge in [0, 0.05) is 15.4 Å². The van der Waals surface area contributed by atoms with Gasteiger partial charge in [-0.3, -0.25) is 0 Å². The third-order valence-electron chi connectivity index (χ3n) is 4.39. The Morgan fingerprint density at radius 3 is 2.04 bits per heavy atom. The molecule has 0 aliphatic carbocycles. The van der Waals surface area contributed by atoms with Gasteiger partial charge < -0.3 is 25.5 Å². The van der Waals surface area contributed by atoms with Crippen LogP contribution in [0.4, 0.5) is 0 Å². The second-order valence-corrected chi connectivity index (χ2v) is 7.72. The molecule has 5 N–H and O–H groups in total. The van der Waals surface area contributed by atoms with E-state index < -0.39 is 11.6 Å². The smallest absolute Gasteiger partial charge is 0.133 e. The molecule has 2 aromatic carbocycles. The molecule has 1 atom stereocenters. The summed E-state index contributed by atoms with van der Waals surface area (Å²) in [5.74, 6) is 0.839. The van der Waals surface area contributed by atoms with Crippen LogP contribution in [0.2, 0.25) is 0 Å². The van der Waals surface area contributed by atoms with Gasteiger partial charge in [-0.05, 0) is 48.4 Å². The third kappa shape index (κ3) is 5.00. The van der Waals surface area contributed by atoms with Crippen LogP contribution < -0.4 is 5.73 Å². The van der Waals surface area contributed by atoms with E-state index in [2.05, 4.69) is 0 Å². The lowest BCUT2D eigenvalue weighted by Crippen LogP contribution is -2.48. The van der Waals surface area contributed by atoms with Crippen LogP contribution in [0.25, 0.3) is 11.3 Å². The van der Waals surface area contributed by atoms with Crippen LogP contribution in [-0.2, 0) is 0 Å². The van der Waals surface area contributed by atoms with Crippen LogP contribution in [0.3, 0.4) is 0 Å². The SMILES string of the molecule is NC(CO)(CO)CC(O)c1ccc(Sc2ccc(-c3ccco3)cc2)cc1. The van der Waals surface area contributed by atoms with Crippen molar-refractivity contribution in [3.8, 4) is 11.3 Å². The highest BCUT2D eigenvalue weighted by Crippen LogP contribution is 2.31. The average molecular weight is 385 g/mol. The van der Waals surface area contributed by atoms with Gasteiger partial charge in [-0.25, -0.2) is 0 Å². The van der Waals surface area contributed by atoms with Crippen molar-refractivity contribution in [2.45, 2.75) is 27.9 Å². The molecule has 0 spiro atoms. The number of benzene rings is 2. The molecule has 1 aromatic heterocycles. The Balaban J connectivity index is 1.63. The maximum Gasteiger partial charge on any atom is 0.133 e. The van der Waals surface area contributed by atoms with Crippen molar-refractivity contribution in [2.24, 2.45) is 5.73 Å². The van der Waals surface area contributed by atoms with Gasteiger partial charge in [0.2, 0.25) is 0 Å². The topological polar surface area (TPSA) is 99.9 Å². The second kappa shape index (κ2) is 8.73. The molecule has 0 bridgehead atoms. The summed E-state index contributed by atoms with van der Waals surface area (Å²) in [6, 6.07) is 19.4. The van der Waals surface area contributed by atoms with Crippen LogP contribution in [0.15, 0.2) is 81.1 Å². The van der Waals surface area contributed by atoms with E-state index >= 15 is 0 Å². The van der Waals surface area contributed by atoms with E-state index in [9.17, 15) is 15.3 Å². The van der Waals surface area contributed by atoms with E-state index in [1.165, 1.54) is 0 Å². The van der Waals surface area contributed by atoms with Gasteiger partial charge in [0.15, 0.2) is 0 Å². The monoisotopic (exact) mass is 385 g/mol. The molecule has 5 nitrogen and oxygen atoms in total. The standard InChI is InChI=1S/C21H23NO4S/c22-21(13-23,14-24)12-19(25)15-3-7-17(8-4-15)27-18-9-5-16(6-10-18)20-2-1-11-26-20/h1-11,19,23-25H,12-14,22H2. The minimum absolute atomic E-state index is 0.0841. The molecule has 0 saturated carbocycles.